The number of likely N-dealkylation sites (N-methyl/N-ethyl adjacent to an activating group) is 1. The van der Waals surface area contributed by atoms with Gasteiger partial charge in [-0.15, -0.1) is 11.8 Å². The zero-order valence-corrected chi connectivity index (χ0v) is 15.9. The first-order valence-electron chi connectivity index (χ1n) is 7.63. The van der Waals surface area contributed by atoms with Crippen molar-refractivity contribution >= 4 is 33.6 Å². The molecule has 5 nitrogen and oxygen atoms in total. The largest absolute Gasteiger partial charge is 0.348 e. The number of rotatable bonds is 4. The molecule has 24 heavy (non-hydrogen) atoms. The molecule has 3 rings (SSSR count). The van der Waals surface area contributed by atoms with Crippen LogP contribution in [0.2, 0.25) is 0 Å². The van der Waals surface area contributed by atoms with E-state index in [1.165, 1.54) is 16.7 Å². The fourth-order valence-electron chi connectivity index (χ4n) is 2.57. The van der Waals surface area contributed by atoms with Gasteiger partial charge in [-0.25, -0.2) is 4.98 Å². The highest BCUT2D eigenvalue weighted by Crippen LogP contribution is 2.36. The number of nitrogens with zero attached hydrogens (tertiary/aromatic N) is 3. The van der Waals surface area contributed by atoms with Gasteiger partial charge in [0.25, 0.3) is 5.56 Å². The molecule has 1 aliphatic heterocycles. The van der Waals surface area contributed by atoms with Crippen LogP contribution in [0.1, 0.15) is 17.1 Å². The molecule has 0 saturated carbocycles. The van der Waals surface area contributed by atoms with Crippen molar-refractivity contribution < 1.29 is 4.79 Å². The SMILES string of the molecule is CN(C)C(=O)Cc1nc2c(c(=O)n1Cc1ccccc1)SC(Br)C2. The van der Waals surface area contributed by atoms with Crippen LogP contribution in [0, 0.1) is 0 Å². The van der Waals surface area contributed by atoms with Crippen molar-refractivity contribution in [2.75, 3.05) is 14.1 Å². The Morgan fingerprint density at radius 3 is 2.75 bits per heavy atom. The lowest BCUT2D eigenvalue weighted by atomic mass is 10.2. The Balaban J connectivity index is 2.05. The van der Waals surface area contributed by atoms with Gasteiger partial charge < -0.3 is 4.90 Å². The summed E-state index contributed by atoms with van der Waals surface area (Å²) in [6.45, 7) is 0.420. The van der Waals surface area contributed by atoms with Gasteiger partial charge in [0.1, 0.15) is 5.82 Å². The Bertz CT molecular complexity index is 821. The minimum atomic E-state index is -0.0651. The summed E-state index contributed by atoms with van der Waals surface area (Å²) < 4.78 is 1.80. The molecule has 126 valence electrons. The second-order valence-electron chi connectivity index (χ2n) is 5.88. The summed E-state index contributed by atoms with van der Waals surface area (Å²) in [6, 6.07) is 9.76. The molecule has 0 N–H and O–H groups in total. The van der Waals surface area contributed by atoms with Crippen molar-refractivity contribution in [1.29, 1.82) is 0 Å². The first kappa shape index (κ1) is 17.2. The number of amides is 1. The number of hydrogen-bond acceptors (Lipinski definition) is 4. The average molecular weight is 408 g/mol. The molecular formula is C17H18BrN3O2S. The highest BCUT2D eigenvalue weighted by atomic mass is 79.9. The molecule has 0 aliphatic carbocycles. The molecular weight excluding hydrogens is 390 g/mol. The second-order valence-corrected chi connectivity index (χ2v) is 8.80. The van der Waals surface area contributed by atoms with E-state index in [-0.39, 0.29) is 22.0 Å². The van der Waals surface area contributed by atoms with Crippen LogP contribution in [0.3, 0.4) is 0 Å². The third-order valence-corrected chi connectivity index (χ3v) is 5.82. The number of benzene rings is 1. The number of thioether (sulfide) groups is 1. The Hall–Kier alpha value is -1.60. The third kappa shape index (κ3) is 3.57. The van der Waals surface area contributed by atoms with E-state index in [2.05, 4.69) is 20.9 Å². The molecule has 2 heterocycles. The molecule has 0 bridgehead atoms. The zero-order chi connectivity index (χ0) is 17.3. The van der Waals surface area contributed by atoms with Gasteiger partial charge in [-0.2, -0.15) is 0 Å². The molecule has 1 aliphatic rings. The summed E-state index contributed by atoms with van der Waals surface area (Å²) in [5.41, 5.74) is 1.74. The number of aromatic nitrogens is 2. The van der Waals surface area contributed by atoms with Crippen molar-refractivity contribution in [3.05, 3.63) is 57.8 Å². The van der Waals surface area contributed by atoms with E-state index in [1.807, 2.05) is 30.3 Å². The van der Waals surface area contributed by atoms with Crippen LogP contribution in [-0.4, -0.2) is 38.6 Å². The molecule has 2 aromatic rings. The van der Waals surface area contributed by atoms with Gasteiger partial charge in [0.15, 0.2) is 0 Å². The zero-order valence-electron chi connectivity index (χ0n) is 13.5. The fraction of sp³-hybridized carbons (Fsp3) is 0.353. The van der Waals surface area contributed by atoms with Crippen molar-refractivity contribution in [2.24, 2.45) is 0 Å². The van der Waals surface area contributed by atoms with Crippen LogP contribution in [0.5, 0.6) is 0 Å². The topological polar surface area (TPSA) is 55.2 Å². The van der Waals surface area contributed by atoms with Gasteiger partial charge in [0.05, 0.1) is 27.7 Å². The summed E-state index contributed by atoms with van der Waals surface area (Å²) in [7, 11) is 3.42. The lowest BCUT2D eigenvalue weighted by molar-refractivity contribution is -0.128. The minimum absolute atomic E-state index is 0.0580. The van der Waals surface area contributed by atoms with E-state index < -0.39 is 0 Å². The molecule has 1 aromatic carbocycles. The van der Waals surface area contributed by atoms with Crippen LogP contribution in [-0.2, 0) is 24.2 Å². The second kappa shape index (κ2) is 7.11. The Kier molecular flexibility index (Phi) is 5.10. The Labute approximate surface area is 153 Å². The van der Waals surface area contributed by atoms with Gasteiger partial charge in [-0.05, 0) is 5.56 Å². The first-order valence-corrected chi connectivity index (χ1v) is 9.42. The quantitative estimate of drug-likeness (QED) is 0.729. The number of fused-ring (bicyclic) bond motifs is 1. The van der Waals surface area contributed by atoms with E-state index in [9.17, 15) is 9.59 Å². The summed E-state index contributed by atoms with van der Waals surface area (Å²) in [5.74, 6) is 0.466. The van der Waals surface area contributed by atoms with Gasteiger partial charge in [-0.3, -0.25) is 14.2 Å². The standard InChI is InChI=1S/C17H18BrN3O2S/c1-20(2)15(22)9-14-19-12-8-13(18)24-16(12)17(23)21(14)10-11-6-4-3-5-7-11/h3-7,13H,8-10H2,1-2H3. The molecule has 1 unspecified atom stereocenters. The van der Waals surface area contributed by atoms with Gasteiger partial charge >= 0.3 is 0 Å². The van der Waals surface area contributed by atoms with Gasteiger partial charge in [0.2, 0.25) is 5.91 Å². The Morgan fingerprint density at radius 1 is 1.38 bits per heavy atom. The molecule has 0 spiro atoms. The predicted octanol–water partition coefficient (Wildman–Crippen LogP) is 2.29. The number of carbonyl (C=O) groups excluding carboxylic acids is 1. The molecule has 1 aromatic heterocycles. The van der Waals surface area contributed by atoms with Crippen LogP contribution < -0.4 is 5.56 Å². The Morgan fingerprint density at radius 2 is 2.08 bits per heavy atom. The fourth-order valence-corrected chi connectivity index (χ4v) is 4.41. The maximum Gasteiger partial charge on any atom is 0.267 e. The minimum Gasteiger partial charge on any atom is -0.348 e. The van der Waals surface area contributed by atoms with Gasteiger partial charge in [-0.1, -0.05) is 46.3 Å². The smallest absolute Gasteiger partial charge is 0.267 e. The number of carbonyl (C=O) groups is 1. The third-order valence-electron chi connectivity index (χ3n) is 3.87. The van der Waals surface area contributed by atoms with Crippen LogP contribution in [0.25, 0.3) is 0 Å². The van der Waals surface area contributed by atoms with Crippen molar-refractivity contribution in [3.8, 4) is 0 Å². The van der Waals surface area contributed by atoms with Crippen molar-refractivity contribution in [3.63, 3.8) is 0 Å². The van der Waals surface area contributed by atoms with E-state index in [0.29, 0.717) is 23.7 Å². The summed E-state index contributed by atoms with van der Waals surface area (Å²) in [4.78, 5) is 31.9. The van der Waals surface area contributed by atoms with Crippen molar-refractivity contribution in [1.82, 2.24) is 14.5 Å². The lowest BCUT2D eigenvalue weighted by Gasteiger charge is -2.16. The summed E-state index contributed by atoms with van der Waals surface area (Å²) in [6.07, 6.45) is 0.824. The van der Waals surface area contributed by atoms with Crippen LogP contribution in [0.15, 0.2) is 40.0 Å². The molecule has 1 amide bonds. The summed E-state index contributed by atoms with van der Waals surface area (Å²) >= 11 is 5.04. The number of alkyl halides is 1. The van der Waals surface area contributed by atoms with E-state index in [4.69, 9.17) is 0 Å². The normalized spacial score (nSPS) is 16.0. The van der Waals surface area contributed by atoms with E-state index >= 15 is 0 Å². The number of hydrogen-bond donors (Lipinski definition) is 0. The molecule has 0 radical (unpaired) electrons. The molecule has 0 fully saturated rings. The van der Waals surface area contributed by atoms with E-state index in [1.54, 1.807) is 18.7 Å². The van der Waals surface area contributed by atoms with Crippen LogP contribution >= 0.6 is 27.7 Å². The van der Waals surface area contributed by atoms with Crippen molar-refractivity contribution in [2.45, 2.75) is 28.4 Å². The first-order chi connectivity index (χ1) is 11.5. The number of halogens is 1. The average Bonchev–Trinajstić information content (AvgIpc) is 2.92. The molecule has 0 saturated heterocycles. The van der Waals surface area contributed by atoms with Gasteiger partial charge in [0, 0.05) is 20.5 Å². The lowest BCUT2D eigenvalue weighted by Crippen LogP contribution is -2.32. The highest BCUT2D eigenvalue weighted by molar-refractivity contribution is 9.11. The predicted molar refractivity (Wildman–Crippen MR) is 98.7 cm³/mol. The monoisotopic (exact) mass is 407 g/mol. The maximum atomic E-state index is 12.9. The van der Waals surface area contributed by atoms with Crippen LogP contribution in [0.4, 0.5) is 0 Å². The highest BCUT2D eigenvalue weighted by Gasteiger charge is 2.27. The molecule has 7 heteroatoms. The maximum absolute atomic E-state index is 12.9. The summed E-state index contributed by atoms with van der Waals surface area (Å²) in [5, 5.41) is 0. The molecule has 1 atom stereocenters. The van der Waals surface area contributed by atoms with E-state index in [0.717, 1.165) is 11.3 Å².